The van der Waals surface area contributed by atoms with Gasteiger partial charge in [0.15, 0.2) is 0 Å². The third kappa shape index (κ3) is 5.60. The van der Waals surface area contributed by atoms with Crippen molar-refractivity contribution in [1.29, 1.82) is 0 Å². The molecular weight excluding hydrogens is 330 g/mol. The Labute approximate surface area is 149 Å². The third-order valence-electron chi connectivity index (χ3n) is 3.99. The van der Waals surface area contributed by atoms with E-state index in [4.69, 9.17) is 4.74 Å². The average Bonchev–Trinajstić information content (AvgIpc) is 2.55. The van der Waals surface area contributed by atoms with Crippen LogP contribution in [0.5, 0.6) is 0 Å². The van der Waals surface area contributed by atoms with E-state index in [1.165, 1.54) is 0 Å². The Morgan fingerprint density at radius 3 is 2.30 bits per heavy atom. The van der Waals surface area contributed by atoms with Gasteiger partial charge in [-0.2, -0.15) is 0 Å². The van der Waals surface area contributed by atoms with Crippen molar-refractivity contribution >= 4 is 36.9 Å². The number of rotatable bonds is 6. The molecule has 0 atom stereocenters. The summed E-state index contributed by atoms with van der Waals surface area (Å²) in [5, 5.41) is 0. The Hall–Kier alpha value is -0.890. The number of hydrogen-bond acceptors (Lipinski definition) is 7. The minimum Gasteiger partial charge on any atom is -0.461 e. The zero-order valence-corrected chi connectivity index (χ0v) is 15.5. The van der Waals surface area contributed by atoms with Crippen LogP contribution in [0.4, 0.5) is 5.69 Å². The molecule has 1 aromatic rings. The highest BCUT2D eigenvalue weighted by molar-refractivity contribution is 7.99. The maximum atomic E-state index is 12.0. The van der Waals surface area contributed by atoms with E-state index >= 15 is 0 Å². The lowest BCUT2D eigenvalue weighted by Gasteiger charge is -2.35. The van der Waals surface area contributed by atoms with Crippen LogP contribution in [0.15, 0.2) is 24.3 Å². The second kappa shape index (κ2) is 8.82. The highest BCUT2D eigenvalue weighted by atomic mass is 32.2. The van der Waals surface area contributed by atoms with Gasteiger partial charge in [-0.25, -0.2) is 4.79 Å². The summed E-state index contributed by atoms with van der Waals surface area (Å²) in [6.45, 7) is 4.97. The molecule has 0 aromatic heterocycles. The zero-order valence-electron chi connectivity index (χ0n) is 13.7. The molecule has 5 nitrogen and oxygen atoms in total. The minimum atomic E-state index is -0.264. The van der Waals surface area contributed by atoms with Crippen LogP contribution in [0.2, 0.25) is 0 Å². The number of piperazine rings is 1. The smallest absolute Gasteiger partial charge is 0.338 e. The molecule has 1 fully saturated rings. The summed E-state index contributed by atoms with van der Waals surface area (Å²) in [4.78, 5) is 18.5. The van der Waals surface area contributed by atoms with Crippen LogP contribution >= 0.6 is 25.3 Å². The van der Waals surface area contributed by atoms with E-state index in [0.717, 1.165) is 38.4 Å². The lowest BCUT2D eigenvalue weighted by atomic mass is 10.2. The van der Waals surface area contributed by atoms with Crippen LogP contribution in [0.3, 0.4) is 0 Å². The van der Waals surface area contributed by atoms with Crippen molar-refractivity contribution in [1.82, 2.24) is 9.80 Å². The number of benzene rings is 1. The largest absolute Gasteiger partial charge is 0.461 e. The fourth-order valence-electron chi connectivity index (χ4n) is 2.46. The van der Waals surface area contributed by atoms with Crippen LogP contribution in [-0.2, 0) is 4.74 Å². The molecule has 1 aliphatic heterocycles. The first-order valence-electron chi connectivity index (χ1n) is 7.74. The molecule has 128 valence electrons. The molecule has 1 saturated heterocycles. The van der Waals surface area contributed by atoms with Crippen LogP contribution in [0.25, 0.3) is 0 Å². The number of thiol groups is 2. The Bertz CT molecular complexity index is 501. The van der Waals surface area contributed by atoms with Gasteiger partial charge >= 0.3 is 5.97 Å². The standard InChI is InChI=1S/C16H25N3O2S2/c1-17(2)14-5-3-13(4-6-14)15(20)21-12-11-18-7-9-19(10-8-18)16(22)23/h3-6,16,22-23H,7-12H2,1-2H3. The molecule has 1 aromatic carbocycles. The molecule has 0 bridgehead atoms. The monoisotopic (exact) mass is 355 g/mol. The summed E-state index contributed by atoms with van der Waals surface area (Å²) in [5.41, 5.74) is 1.65. The number of carbonyl (C=O) groups is 1. The van der Waals surface area contributed by atoms with Crippen molar-refractivity contribution in [2.75, 3.05) is 58.3 Å². The van der Waals surface area contributed by atoms with Crippen LogP contribution in [0, 0.1) is 0 Å². The summed E-state index contributed by atoms with van der Waals surface area (Å²) in [7, 11) is 3.94. The molecule has 23 heavy (non-hydrogen) atoms. The highest BCUT2D eigenvalue weighted by Gasteiger charge is 2.19. The Morgan fingerprint density at radius 2 is 1.78 bits per heavy atom. The molecule has 0 N–H and O–H groups in total. The molecule has 1 aliphatic rings. The molecule has 0 amide bonds. The quantitative estimate of drug-likeness (QED) is 0.461. The van der Waals surface area contributed by atoms with Gasteiger partial charge in [0.05, 0.1) is 10.3 Å². The normalized spacial score (nSPS) is 16.6. The summed E-state index contributed by atoms with van der Waals surface area (Å²) in [6, 6.07) is 7.44. The van der Waals surface area contributed by atoms with Gasteiger partial charge in [-0.05, 0) is 24.3 Å². The van der Waals surface area contributed by atoms with Crippen LogP contribution in [0.1, 0.15) is 10.4 Å². The van der Waals surface area contributed by atoms with Crippen molar-refractivity contribution in [3.05, 3.63) is 29.8 Å². The van der Waals surface area contributed by atoms with E-state index in [-0.39, 0.29) is 10.7 Å². The highest BCUT2D eigenvalue weighted by Crippen LogP contribution is 2.14. The van der Waals surface area contributed by atoms with Gasteiger partial charge in [0, 0.05) is 52.5 Å². The summed E-state index contributed by atoms with van der Waals surface area (Å²) < 4.78 is 5.37. The van der Waals surface area contributed by atoms with E-state index < -0.39 is 0 Å². The second-order valence-electron chi connectivity index (χ2n) is 5.80. The zero-order chi connectivity index (χ0) is 16.8. The molecule has 0 aliphatic carbocycles. The fraction of sp³-hybridized carbons (Fsp3) is 0.562. The van der Waals surface area contributed by atoms with Crippen molar-refractivity contribution in [3.8, 4) is 0 Å². The summed E-state index contributed by atoms with van der Waals surface area (Å²) in [6.07, 6.45) is 0. The number of anilines is 1. The fourth-order valence-corrected chi connectivity index (χ4v) is 2.93. The first-order valence-corrected chi connectivity index (χ1v) is 8.77. The van der Waals surface area contributed by atoms with Crippen molar-refractivity contribution in [2.45, 2.75) is 4.71 Å². The van der Waals surface area contributed by atoms with Gasteiger partial charge in [-0.1, -0.05) is 0 Å². The lowest BCUT2D eigenvalue weighted by Crippen LogP contribution is -2.48. The predicted molar refractivity (Wildman–Crippen MR) is 101 cm³/mol. The van der Waals surface area contributed by atoms with E-state index in [9.17, 15) is 4.79 Å². The number of nitrogens with zero attached hydrogens (tertiary/aromatic N) is 3. The average molecular weight is 356 g/mol. The Morgan fingerprint density at radius 1 is 1.17 bits per heavy atom. The third-order valence-corrected chi connectivity index (χ3v) is 4.65. The topological polar surface area (TPSA) is 36.0 Å². The molecule has 0 saturated carbocycles. The first-order chi connectivity index (χ1) is 11.0. The SMILES string of the molecule is CN(C)c1ccc(C(=O)OCCN2CCN(C(S)S)CC2)cc1. The molecule has 2 rings (SSSR count). The Kier molecular flexibility index (Phi) is 7.08. The van der Waals surface area contributed by atoms with Gasteiger partial charge in [-0.15, -0.1) is 25.3 Å². The maximum absolute atomic E-state index is 12.0. The lowest BCUT2D eigenvalue weighted by molar-refractivity contribution is 0.0428. The summed E-state index contributed by atoms with van der Waals surface area (Å²) in [5.74, 6) is -0.264. The number of ether oxygens (including phenoxy) is 1. The van der Waals surface area contributed by atoms with E-state index in [0.29, 0.717) is 12.2 Å². The van der Waals surface area contributed by atoms with Crippen molar-refractivity contribution in [3.63, 3.8) is 0 Å². The van der Waals surface area contributed by atoms with Crippen LogP contribution in [-0.4, -0.2) is 73.9 Å². The molecule has 1 heterocycles. The van der Waals surface area contributed by atoms with Crippen molar-refractivity contribution < 1.29 is 9.53 Å². The van der Waals surface area contributed by atoms with Crippen LogP contribution < -0.4 is 4.90 Å². The number of hydrogen-bond donors (Lipinski definition) is 2. The van der Waals surface area contributed by atoms with E-state index in [2.05, 4.69) is 35.1 Å². The molecule has 0 unspecified atom stereocenters. The Balaban J connectivity index is 1.71. The van der Waals surface area contributed by atoms with Gasteiger partial charge in [0.2, 0.25) is 0 Å². The summed E-state index contributed by atoms with van der Waals surface area (Å²) >= 11 is 8.65. The first kappa shape index (κ1) is 18.4. The maximum Gasteiger partial charge on any atom is 0.338 e. The second-order valence-corrected chi connectivity index (χ2v) is 7.19. The number of carbonyl (C=O) groups excluding carboxylic acids is 1. The molecule has 0 spiro atoms. The van der Waals surface area contributed by atoms with Gasteiger partial charge in [-0.3, -0.25) is 9.80 Å². The van der Waals surface area contributed by atoms with Crippen molar-refractivity contribution in [2.24, 2.45) is 0 Å². The number of esters is 1. The molecular formula is C16H25N3O2S2. The molecule has 7 heteroatoms. The van der Waals surface area contributed by atoms with Gasteiger partial charge in [0.1, 0.15) is 6.61 Å². The minimum absolute atomic E-state index is 0.000107. The van der Waals surface area contributed by atoms with Gasteiger partial charge in [0.25, 0.3) is 0 Å². The van der Waals surface area contributed by atoms with E-state index in [1.807, 2.05) is 31.1 Å². The van der Waals surface area contributed by atoms with E-state index in [1.54, 1.807) is 12.1 Å². The van der Waals surface area contributed by atoms with Gasteiger partial charge < -0.3 is 9.64 Å². The molecule has 0 radical (unpaired) electrons. The predicted octanol–water partition coefficient (Wildman–Crippen LogP) is 1.67.